The summed E-state index contributed by atoms with van der Waals surface area (Å²) >= 11 is 2.08. The predicted octanol–water partition coefficient (Wildman–Crippen LogP) is 4.21. The molecule has 0 aromatic carbocycles. The molecule has 155 valence electrons. The molecule has 1 aliphatic carbocycles. The molecule has 2 aliphatic rings. The number of hydroxylamine groups is 2. The van der Waals surface area contributed by atoms with E-state index in [2.05, 4.69) is 22.6 Å². The third-order valence-electron chi connectivity index (χ3n) is 5.60. The maximum absolute atomic E-state index is 12.6. The van der Waals surface area contributed by atoms with Crippen molar-refractivity contribution in [3.63, 3.8) is 0 Å². The first-order chi connectivity index (χ1) is 12.2. The highest BCUT2D eigenvalue weighted by Gasteiger charge is 2.47. The summed E-state index contributed by atoms with van der Waals surface area (Å²) in [4.78, 5) is 24.6. The number of alkyl halides is 1. The van der Waals surface area contributed by atoms with Crippen molar-refractivity contribution in [3.8, 4) is 0 Å². The Bertz CT molecular complexity index is 543. The molecular weight excluding hydrogens is 461 g/mol. The molecule has 2 fully saturated rings. The minimum absolute atomic E-state index is 0.114. The molecular formula is C20H33INO5. The lowest BCUT2D eigenvalue weighted by Crippen LogP contribution is -2.60. The minimum atomic E-state index is -0.551. The molecule has 0 amide bonds. The van der Waals surface area contributed by atoms with E-state index >= 15 is 0 Å². The highest BCUT2D eigenvalue weighted by Crippen LogP contribution is 2.39. The van der Waals surface area contributed by atoms with Gasteiger partial charge in [-0.2, -0.15) is 0 Å². The fourth-order valence-corrected chi connectivity index (χ4v) is 4.35. The average molecular weight is 494 g/mol. The Morgan fingerprint density at radius 3 is 1.85 bits per heavy atom. The predicted molar refractivity (Wildman–Crippen MR) is 110 cm³/mol. The number of piperidine rings is 1. The topological polar surface area (TPSA) is 75.7 Å². The van der Waals surface area contributed by atoms with Gasteiger partial charge in [0.2, 0.25) is 0 Å². The van der Waals surface area contributed by atoms with Crippen LogP contribution in [0.4, 0.5) is 0 Å². The van der Waals surface area contributed by atoms with Crippen LogP contribution in [0.15, 0.2) is 0 Å². The van der Waals surface area contributed by atoms with Crippen LogP contribution in [0, 0.1) is 5.92 Å². The van der Waals surface area contributed by atoms with Gasteiger partial charge in [0.15, 0.2) is 0 Å². The molecule has 0 spiro atoms. The smallest absolute Gasteiger partial charge is 0.321 e. The highest BCUT2D eigenvalue weighted by molar-refractivity contribution is 14.1. The van der Waals surface area contributed by atoms with E-state index in [0.717, 1.165) is 5.06 Å². The number of nitrogens with zero attached hydrogens (tertiary/aromatic N) is 1. The Kier molecular flexibility index (Phi) is 6.90. The van der Waals surface area contributed by atoms with Gasteiger partial charge in [0.05, 0.1) is 5.92 Å². The molecule has 1 aliphatic heterocycles. The lowest BCUT2D eigenvalue weighted by Gasteiger charge is -2.49. The largest absolute Gasteiger partial charge is 0.462 e. The molecule has 6 nitrogen and oxygen atoms in total. The zero-order valence-electron chi connectivity index (χ0n) is 17.3. The first-order valence-corrected chi connectivity index (χ1v) is 10.9. The van der Waals surface area contributed by atoms with Crippen LogP contribution < -0.4 is 0 Å². The van der Waals surface area contributed by atoms with Gasteiger partial charge >= 0.3 is 11.9 Å². The summed E-state index contributed by atoms with van der Waals surface area (Å²) in [6.45, 7) is 11.3. The standard InChI is InChI=1S/C20H33INO5/c1-18(2)11-15(12-19(3,4)22(18)25)26-16(23)13-7-9-14(10-8-13)27-17(24)20(5,6)21/h13-15H,7-12H2,1-6H3. The second kappa shape index (κ2) is 8.14. The first kappa shape index (κ1) is 22.9. The Balaban J connectivity index is 1.85. The van der Waals surface area contributed by atoms with Crippen LogP contribution in [0.25, 0.3) is 0 Å². The van der Waals surface area contributed by atoms with Gasteiger partial charge in [0.1, 0.15) is 15.6 Å². The number of hydrogen-bond donors (Lipinski definition) is 0. The zero-order chi connectivity index (χ0) is 20.6. The Labute approximate surface area is 176 Å². The van der Waals surface area contributed by atoms with Gasteiger partial charge in [-0.05, 0) is 67.2 Å². The lowest BCUT2D eigenvalue weighted by atomic mass is 9.80. The molecule has 0 N–H and O–H groups in total. The number of esters is 2. The summed E-state index contributed by atoms with van der Waals surface area (Å²) in [6.07, 6.45) is 3.46. The van der Waals surface area contributed by atoms with Crippen LogP contribution in [0.3, 0.4) is 0 Å². The van der Waals surface area contributed by atoms with Crippen molar-refractivity contribution < 1.29 is 24.3 Å². The number of carbonyl (C=O) groups excluding carboxylic acids is 2. The van der Waals surface area contributed by atoms with Gasteiger partial charge in [-0.3, -0.25) is 9.59 Å². The normalized spacial score (nSPS) is 29.2. The van der Waals surface area contributed by atoms with Crippen LogP contribution in [0.2, 0.25) is 0 Å². The highest BCUT2D eigenvalue weighted by atomic mass is 127. The quantitative estimate of drug-likeness (QED) is 0.333. The number of rotatable bonds is 4. The van der Waals surface area contributed by atoms with E-state index in [-0.39, 0.29) is 30.1 Å². The van der Waals surface area contributed by atoms with Gasteiger partial charge in [-0.25, -0.2) is 0 Å². The van der Waals surface area contributed by atoms with Gasteiger partial charge in [-0.15, -0.1) is 10.3 Å². The molecule has 1 radical (unpaired) electrons. The molecule has 2 rings (SSSR count). The summed E-state index contributed by atoms with van der Waals surface area (Å²) in [6, 6.07) is 0. The van der Waals surface area contributed by atoms with Gasteiger partial charge < -0.3 is 9.47 Å². The van der Waals surface area contributed by atoms with Crippen molar-refractivity contribution in [2.24, 2.45) is 5.92 Å². The van der Waals surface area contributed by atoms with Crippen molar-refractivity contribution in [2.45, 2.75) is 107 Å². The molecule has 1 saturated heterocycles. The maximum atomic E-state index is 12.6. The monoisotopic (exact) mass is 494 g/mol. The number of carbonyl (C=O) groups is 2. The molecule has 1 heterocycles. The molecule has 0 unspecified atom stereocenters. The second-order valence-electron chi connectivity index (χ2n) is 9.74. The van der Waals surface area contributed by atoms with Gasteiger partial charge in [0, 0.05) is 23.9 Å². The van der Waals surface area contributed by atoms with Crippen LogP contribution in [0.5, 0.6) is 0 Å². The Morgan fingerprint density at radius 1 is 0.926 bits per heavy atom. The van der Waals surface area contributed by atoms with Gasteiger partial charge in [-0.1, -0.05) is 22.6 Å². The Hall–Kier alpha value is -0.410. The van der Waals surface area contributed by atoms with E-state index in [4.69, 9.17) is 9.47 Å². The fraction of sp³-hybridized carbons (Fsp3) is 0.900. The van der Waals surface area contributed by atoms with E-state index in [1.165, 1.54) is 0 Å². The van der Waals surface area contributed by atoms with E-state index < -0.39 is 14.5 Å². The molecule has 7 heteroatoms. The van der Waals surface area contributed by atoms with Crippen molar-refractivity contribution in [3.05, 3.63) is 0 Å². The summed E-state index contributed by atoms with van der Waals surface area (Å²) in [5.41, 5.74) is -1.10. The summed E-state index contributed by atoms with van der Waals surface area (Å²) < 4.78 is 10.8. The van der Waals surface area contributed by atoms with Crippen molar-refractivity contribution in [2.75, 3.05) is 0 Å². The van der Waals surface area contributed by atoms with Crippen molar-refractivity contribution in [1.82, 2.24) is 5.06 Å². The Morgan fingerprint density at radius 2 is 1.41 bits per heavy atom. The van der Waals surface area contributed by atoms with Gasteiger partial charge in [0.25, 0.3) is 0 Å². The van der Waals surface area contributed by atoms with Crippen LogP contribution in [-0.2, 0) is 24.3 Å². The number of hydrogen-bond acceptors (Lipinski definition) is 5. The van der Waals surface area contributed by atoms with E-state index in [0.29, 0.717) is 38.5 Å². The fourth-order valence-electron chi connectivity index (χ4n) is 4.22. The zero-order valence-corrected chi connectivity index (χ0v) is 19.5. The molecule has 0 aromatic heterocycles. The molecule has 0 bridgehead atoms. The second-order valence-corrected chi connectivity index (χ2v) is 12.4. The number of halogens is 1. The van der Waals surface area contributed by atoms with Crippen LogP contribution in [-0.4, -0.2) is 43.7 Å². The van der Waals surface area contributed by atoms with Crippen molar-refractivity contribution in [1.29, 1.82) is 0 Å². The lowest BCUT2D eigenvalue weighted by molar-refractivity contribution is -0.299. The summed E-state index contributed by atoms with van der Waals surface area (Å²) in [5, 5.41) is 13.6. The molecule has 0 atom stereocenters. The molecule has 1 saturated carbocycles. The van der Waals surface area contributed by atoms with Crippen molar-refractivity contribution >= 4 is 34.5 Å². The number of ether oxygens (including phenoxy) is 2. The third-order valence-corrected chi connectivity index (χ3v) is 6.04. The average Bonchev–Trinajstić information content (AvgIpc) is 2.51. The molecule has 27 heavy (non-hydrogen) atoms. The SMILES string of the molecule is CC(C)(I)C(=O)OC1CCC(C(=O)OC2CC(C)(C)N([O])C(C)(C)C2)CC1. The van der Waals surface area contributed by atoms with E-state index in [1.54, 1.807) is 0 Å². The van der Waals surface area contributed by atoms with E-state index in [9.17, 15) is 14.8 Å². The third kappa shape index (κ3) is 5.79. The minimum Gasteiger partial charge on any atom is -0.462 e. The van der Waals surface area contributed by atoms with Crippen LogP contribution in [0.1, 0.15) is 80.1 Å². The first-order valence-electron chi connectivity index (χ1n) is 9.80. The summed E-state index contributed by atoms with van der Waals surface area (Å²) in [5.74, 6) is -0.531. The molecule has 0 aromatic rings. The maximum Gasteiger partial charge on any atom is 0.321 e. The van der Waals surface area contributed by atoms with Crippen LogP contribution >= 0.6 is 22.6 Å². The summed E-state index contributed by atoms with van der Waals surface area (Å²) in [7, 11) is 0. The van der Waals surface area contributed by atoms with E-state index in [1.807, 2.05) is 41.5 Å².